The molecule has 0 aliphatic rings. The quantitative estimate of drug-likeness (QED) is 0.152. The minimum Gasteiger partial charge on any atom is -0.455 e. The number of aromatic nitrogens is 5. The summed E-state index contributed by atoms with van der Waals surface area (Å²) in [5.74, 6) is 2.64. The van der Waals surface area contributed by atoms with Crippen molar-refractivity contribution in [3.8, 4) is 84.7 Å². The van der Waals surface area contributed by atoms with Gasteiger partial charge in [-0.25, -0.2) is 19.9 Å². The molecule has 0 bridgehead atoms. The third kappa shape index (κ3) is 6.74. The van der Waals surface area contributed by atoms with E-state index >= 15 is 0 Å². The molecule has 68 heavy (non-hydrogen) atoms. The molecule has 318 valence electrons. The maximum Gasteiger partial charge on any atom is 0.164 e. The van der Waals surface area contributed by atoms with Gasteiger partial charge >= 0.3 is 0 Å². The normalized spacial score (nSPS) is 11.5. The van der Waals surface area contributed by atoms with Crippen LogP contribution in [0.25, 0.3) is 128 Å². The van der Waals surface area contributed by atoms with Gasteiger partial charge in [0.05, 0.1) is 27.6 Å². The molecule has 6 nitrogen and oxygen atoms in total. The number of pyridine rings is 1. The average molecular weight is 870 g/mol. The van der Waals surface area contributed by atoms with E-state index in [-0.39, 0.29) is 0 Å². The zero-order valence-electron chi connectivity index (χ0n) is 36.7. The van der Waals surface area contributed by atoms with E-state index in [1.54, 1.807) is 0 Å². The van der Waals surface area contributed by atoms with Crippen molar-refractivity contribution in [1.82, 2.24) is 24.5 Å². The molecule has 0 unspecified atom stereocenters. The summed E-state index contributed by atoms with van der Waals surface area (Å²) in [5.41, 5.74) is 14.9. The molecule has 13 aromatic rings. The molecule has 0 atom stereocenters. The van der Waals surface area contributed by atoms with E-state index in [1.807, 2.05) is 54.6 Å². The number of hydrogen-bond acceptors (Lipinski definition) is 5. The lowest BCUT2D eigenvalue weighted by Gasteiger charge is -2.12. The molecule has 0 fully saturated rings. The SMILES string of the molecule is c1ccc(-c2nc(-c3ccc(-c4cccc(-c5nc6ccccc6c6oc(-c7ccccc7)c(-c7ccccc7)c56)c4)cc3)nc(-c3cccc(-n4c5ccccc5c5ccccc54)c3)n2)cc1. The second-order valence-electron chi connectivity index (χ2n) is 17.0. The van der Waals surface area contributed by atoms with Gasteiger partial charge in [0.2, 0.25) is 0 Å². The van der Waals surface area contributed by atoms with Crippen LogP contribution in [0.2, 0.25) is 0 Å². The molecule has 0 saturated carbocycles. The van der Waals surface area contributed by atoms with Crippen molar-refractivity contribution in [2.75, 3.05) is 0 Å². The molecule has 0 spiro atoms. The number of hydrogen-bond donors (Lipinski definition) is 0. The van der Waals surface area contributed by atoms with Crippen molar-refractivity contribution in [1.29, 1.82) is 0 Å². The molecule has 13 rings (SSSR count). The Bertz CT molecular complexity index is 3960. The van der Waals surface area contributed by atoms with Crippen molar-refractivity contribution in [3.63, 3.8) is 0 Å². The Kier molecular flexibility index (Phi) is 9.39. The fraction of sp³-hybridized carbons (Fsp3) is 0. The van der Waals surface area contributed by atoms with E-state index in [4.69, 9.17) is 24.4 Å². The minimum absolute atomic E-state index is 0.599. The summed E-state index contributed by atoms with van der Waals surface area (Å²) in [6, 6.07) is 82.0. The van der Waals surface area contributed by atoms with Crippen LogP contribution in [0.15, 0.2) is 241 Å². The van der Waals surface area contributed by atoms with Crippen molar-refractivity contribution in [2.24, 2.45) is 0 Å². The second-order valence-corrected chi connectivity index (χ2v) is 17.0. The van der Waals surface area contributed by atoms with Gasteiger partial charge < -0.3 is 8.98 Å². The van der Waals surface area contributed by atoms with Gasteiger partial charge in [-0.05, 0) is 59.2 Å². The van der Waals surface area contributed by atoms with E-state index < -0.39 is 0 Å². The van der Waals surface area contributed by atoms with Crippen LogP contribution in [0.1, 0.15) is 0 Å². The first-order chi connectivity index (χ1) is 33.7. The topological polar surface area (TPSA) is 69.6 Å². The number of furan rings is 1. The van der Waals surface area contributed by atoms with Crippen LogP contribution in [-0.2, 0) is 0 Å². The van der Waals surface area contributed by atoms with Crippen molar-refractivity contribution in [3.05, 3.63) is 237 Å². The van der Waals surface area contributed by atoms with Gasteiger partial charge in [-0.3, -0.25) is 0 Å². The lowest BCUT2D eigenvalue weighted by atomic mass is 9.93. The highest BCUT2D eigenvalue weighted by Crippen LogP contribution is 2.47. The van der Waals surface area contributed by atoms with Gasteiger partial charge in [0.25, 0.3) is 0 Å². The van der Waals surface area contributed by atoms with Crippen LogP contribution in [0.5, 0.6) is 0 Å². The third-order valence-corrected chi connectivity index (χ3v) is 12.8. The monoisotopic (exact) mass is 869 g/mol. The standard InChI is InChI=1S/C62H39N5O/c1-4-18-41(19-5-1)55-56-57(63-52-31-13-10-30-51(52)59(56)68-58(55)42-20-6-2-7-21-42)46-25-16-24-45(38-46)40-34-36-44(37-35-40)61-64-60(43-22-8-3-9-23-43)65-62(66-61)47-26-17-27-48(39-47)67-53-32-14-11-28-49(53)50-29-12-15-33-54(50)67/h1-39H. The van der Waals surface area contributed by atoms with Crippen LogP contribution in [0.3, 0.4) is 0 Å². The van der Waals surface area contributed by atoms with E-state index in [9.17, 15) is 0 Å². The van der Waals surface area contributed by atoms with Gasteiger partial charge in [-0.1, -0.05) is 194 Å². The molecular weight excluding hydrogens is 831 g/mol. The Hall–Kier alpha value is -9.26. The number of nitrogens with zero attached hydrogens (tertiary/aromatic N) is 5. The summed E-state index contributed by atoms with van der Waals surface area (Å²) < 4.78 is 9.27. The molecule has 0 aliphatic heterocycles. The Balaban J connectivity index is 0.911. The van der Waals surface area contributed by atoms with Gasteiger partial charge in [0, 0.05) is 55.2 Å². The van der Waals surface area contributed by atoms with Crippen molar-refractivity contribution in [2.45, 2.75) is 0 Å². The minimum atomic E-state index is 0.599. The molecule has 6 heteroatoms. The number of para-hydroxylation sites is 3. The van der Waals surface area contributed by atoms with E-state index in [1.165, 1.54) is 10.8 Å². The lowest BCUT2D eigenvalue weighted by Crippen LogP contribution is -2.01. The van der Waals surface area contributed by atoms with Gasteiger partial charge in [-0.2, -0.15) is 0 Å². The fourth-order valence-electron chi connectivity index (χ4n) is 9.66. The molecule has 9 aromatic carbocycles. The summed E-state index contributed by atoms with van der Waals surface area (Å²) >= 11 is 0. The molecule has 0 aliphatic carbocycles. The fourth-order valence-corrected chi connectivity index (χ4v) is 9.66. The summed E-state index contributed by atoms with van der Waals surface area (Å²) in [6.07, 6.45) is 0. The highest BCUT2D eigenvalue weighted by Gasteiger charge is 2.24. The van der Waals surface area contributed by atoms with Gasteiger partial charge in [0.1, 0.15) is 11.3 Å². The number of benzene rings is 9. The Labute approximate surface area is 392 Å². The zero-order valence-corrected chi connectivity index (χ0v) is 36.7. The molecule has 0 N–H and O–H groups in total. The Morgan fingerprint density at radius 1 is 0.324 bits per heavy atom. The maximum atomic E-state index is 6.95. The predicted molar refractivity (Wildman–Crippen MR) is 277 cm³/mol. The zero-order chi connectivity index (χ0) is 45.0. The lowest BCUT2D eigenvalue weighted by molar-refractivity contribution is 0.636. The van der Waals surface area contributed by atoms with E-state index in [2.05, 4.69) is 187 Å². The summed E-state index contributed by atoms with van der Waals surface area (Å²) in [5, 5.41) is 4.40. The van der Waals surface area contributed by atoms with Crippen molar-refractivity contribution >= 4 is 43.7 Å². The highest BCUT2D eigenvalue weighted by atomic mass is 16.3. The van der Waals surface area contributed by atoms with Crippen LogP contribution in [0, 0.1) is 0 Å². The average Bonchev–Trinajstić information content (AvgIpc) is 3.99. The Morgan fingerprint density at radius 3 is 1.49 bits per heavy atom. The van der Waals surface area contributed by atoms with Gasteiger partial charge in [0.15, 0.2) is 17.5 Å². The van der Waals surface area contributed by atoms with E-state index in [0.29, 0.717) is 17.5 Å². The Morgan fingerprint density at radius 2 is 0.809 bits per heavy atom. The van der Waals surface area contributed by atoms with Crippen LogP contribution >= 0.6 is 0 Å². The smallest absolute Gasteiger partial charge is 0.164 e. The predicted octanol–water partition coefficient (Wildman–Crippen LogP) is 15.9. The summed E-state index contributed by atoms with van der Waals surface area (Å²) in [4.78, 5) is 20.7. The molecular formula is C62H39N5O. The van der Waals surface area contributed by atoms with Crippen LogP contribution in [0.4, 0.5) is 0 Å². The second kappa shape index (κ2) is 16.3. The largest absolute Gasteiger partial charge is 0.455 e. The molecule has 4 heterocycles. The third-order valence-electron chi connectivity index (χ3n) is 12.8. The first kappa shape index (κ1) is 39.1. The molecule has 0 amide bonds. The van der Waals surface area contributed by atoms with Gasteiger partial charge in [-0.15, -0.1) is 0 Å². The first-order valence-electron chi connectivity index (χ1n) is 22.8. The first-order valence-corrected chi connectivity index (χ1v) is 22.8. The number of fused-ring (bicyclic) bond motifs is 6. The van der Waals surface area contributed by atoms with Crippen LogP contribution < -0.4 is 0 Å². The molecule has 0 saturated heterocycles. The maximum absolute atomic E-state index is 6.95. The van der Waals surface area contributed by atoms with E-state index in [0.717, 1.165) is 100 Å². The summed E-state index contributed by atoms with van der Waals surface area (Å²) in [7, 11) is 0. The van der Waals surface area contributed by atoms with Crippen LogP contribution in [-0.4, -0.2) is 24.5 Å². The molecule has 0 radical (unpaired) electrons. The molecule has 4 aromatic heterocycles. The van der Waals surface area contributed by atoms with Crippen molar-refractivity contribution < 1.29 is 4.42 Å². The number of rotatable bonds is 8. The highest BCUT2D eigenvalue weighted by molar-refractivity contribution is 6.17. The summed E-state index contributed by atoms with van der Waals surface area (Å²) in [6.45, 7) is 0.